The number of unbranched alkanes of at least 4 members (excludes halogenated alkanes) is 4. The summed E-state index contributed by atoms with van der Waals surface area (Å²) in [6, 6.07) is 5.04. The van der Waals surface area contributed by atoms with Crippen molar-refractivity contribution in [2.24, 2.45) is 0 Å². The van der Waals surface area contributed by atoms with Crippen LogP contribution in [0.3, 0.4) is 0 Å². The summed E-state index contributed by atoms with van der Waals surface area (Å²) < 4.78 is 67.7. The molecule has 2 nitrogen and oxygen atoms in total. The molecule has 0 fully saturated rings. The zero-order valence-electron chi connectivity index (χ0n) is 18.6. The van der Waals surface area contributed by atoms with Gasteiger partial charge in [0, 0.05) is 0 Å². The molecule has 0 aliphatic rings. The fourth-order valence-electron chi connectivity index (χ4n) is 3.36. The Morgan fingerprint density at radius 2 is 1.10 bits per heavy atom. The number of hydrogen-bond acceptors (Lipinski definition) is 2. The molecular formula is C25H32F4O2. The zero-order chi connectivity index (χ0) is 22.8. The molecule has 0 radical (unpaired) electrons. The summed E-state index contributed by atoms with van der Waals surface area (Å²) in [5, 5.41) is 0. The predicted molar refractivity (Wildman–Crippen MR) is 115 cm³/mol. The van der Waals surface area contributed by atoms with E-state index in [1.54, 1.807) is 0 Å². The molecule has 0 aliphatic heterocycles. The summed E-state index contributed by atoms with van der Waals surface area (Å²) in [5.74, 6) is -4.22. The van der Waals surface area contributed by atoms with E-state index >= 15 is 0 Å². The first-order valence-corrected chi connectivity index (χ1v) is 11.1. The van der Waals surface area contributed by atoms with Crippen LogP contribution >= 0.6 is 0 Å². The molecule has 172 valence electrons. The van der Waals surface area contributed by atoms with Crippen molar-refractivity contribution in [3.8, 4) is 11.5 Å². The van der Waals surface area contributed by atoms with Crippen LogP contribution in [0.5, 0.6) is 11.5 Å². The number of rotatable bonds is 13. The summed E-state index contributed by atoms with van der Waals surface area (Å²) in [6.45, 7) is 5.37. The van der Waals surface area contributed by atoms with Crippen LogP contribution in [0.2, 0.25) is 0 Å². The summed E-state index contributed by atoms with van der Waals surface area (Å²) in [6.07, 6.45) is 6.09. The average molecular weight is 441 g/mol. The second-order valence-corrected chi connectivity index (χ2v) is 7.93. The van der Waals surface area contributed by atoms with Gasteiger partial charge in [0.05, 0.1) is 0 Å². The fourth-order valence-corrected chi connectivity index (χ4v) is 3.36. The lowest BCUT2D eigenvalue weighted by Crippen LogP contribution is -2.23. The molecular weight excluding hydrogens is 408 g/mol. The van der Waals surface area contributed by atoms with E-state index < -0.39 is 40.9 Å². The molecule has 1 atom stereocenters. The quantitative estimate of drug-likeness (QED) is 0.236. The summed E-state index contributed by atoms with van der Waals surface area (Å²) >= 11 is 0. The monoisotopic (exact) mass is 440 g/mol. The van der Waals surface area contributed by atoms with Crippen molar-refractivity contribution in [2.75, 3.05) is 6.61 Å². The van der Waals surface area contributed by atoms with Gasteiger partial charge < -0.3 is 9.47 Å². The van der Waals surface area contributed by atoms with Crippen molar-refractivity contribution in [1.29, 1.82) is 0 Å². The van der Waals surface area contributed by atoms with Crippen molar-refractivity contribution in [2.45, 2.75) is 78.2 Å². The van der Waals surface area contributed by atoms with Gasteiger partial charge in [-0.05, 0) is 68.0 Å². The highest BCUT2D eigenvalue weighted by Crippen LogP contribution is 2.27. The second-order valence-electron chi connectivity index (χ2n) is 7.93. The smallest absolute Gasteiger partial charge is 0.191 e. The molecule has 0 saturated carbocycles. The molecule has 0 heterocycles. The molecule has 0 amide bonds. The number of halogens is 4. The van der Waals surface area contributed by atoms with Gasteiger partial charge in [-0.15, -0.1) is 0 Å². The lowest BCUT2D eigenvalue weighted by atomic mass is 10.1. The summed E-state index contributed by atoms with van der Waals surface area (Å²) in [5.41, 5.74) is 1.14. The van der Waals surface area contributed by atoms with Crippen LogP contribution in [0, 0.1) is 23.3 Å². The fraction of sp³-hybridized carbons (Fsp3) is 0.520. The van der Waals surface area contributed by atoms with E-state index in [0.29, 0.717) is 24.0 Å². The minimum atomic E-state index is -0.821. The third kappa shape index (κ3) is 7.75. The Morgan fingerprint density at radius 3 is 1.52 bits per heavy atom. The van der Waals surface area contributed by atoms with Crippen LogP contribution in [0.25, 0.3) is 0 Å². The highest BCUT2D eigenvalue weighted by atomic mass is 19.1. The largest absolute Gasteiger partial charge is 0.484 e. The maximum Gasteiger partial charge on any atom is 0.191 e. The molecule has 31 heavy (non-hydrogen) atoms. The van der Waals surface area contributed by atoms with E-state index in [1.807, 2.05) is 0 Å². The van der Waals surface area contributed by atoms with Gasteiger partial charge in [-0.3, -0.25) is 0 Å². The molecule has 0 spiro atoms. The molecule has 2 aromatic carbocycles. The van der Waals surface area contributed by atoms with Gasteiger partial charge in [-0.1, -0.05) is 39.5 Å². The van der Waals surface area contributed by atoms with Crippen molar-refractivity contribution < 1.29 is 27.0 Å². The maximum atomic E-state index is 14.3. The van der Waals surface area contributed by atoms with Gasteiger partial charge in [0.2, 0.25) is 0 Å². The Balaban J connectivity index is 1.96. The van der Waals surface area contributed by atoms with Crippen LogP contribution in [0.1, 0.15) is 70.4 Å². The average Bonchev–Trinajstić information content (AvgIpc) is 2.70. The first-order valence-electron chi connectivity index (χ1n) is 11.1. The molecule has 0 saturated heterocycles. The van der Waals surface area contributed by atoms with E-state index in [-0.39, 0.29) is 6.61 Å². The van der Waals surface area contributed by atoms with E-state index in [9.17, 15) is 17.6 Å². The first kappa shape index (κ1) is 25.0. The van der Waals surface area contributed by atoms with Gasteiger partial charge in [0.25, 0.3) is 0 Å². The van der Waals surface area contributed by atoms with Crippen molar-refractivity contribution >= 4 is 0 Å². The number of aryl methyl sites for hydroxylation is 2. The van der Waals surface area contributed by atoms with E-state index in [4.69, 9.17) is 9.47 Å². The van der Waals surface area contributed by atoms with Crippen LogP contribution in [0.15, 0.2) is 24.3 Å². The van der Waals surface area contributed by atoms with Crippen molar-refractivity contribution in [1.82, 2.24) is 0 Å². The highest BCUT2D eigenvalue weighted by molar-refractivity contribution is 5.33. The predicted octanol–water partition coefficient (Wildman–Crippen LogP) is 7.55. The van der Waals surface area contributed by atoms with E-state index in [2.05, 4.69) is 13.8 Å². The van der Waals surface area contributed by atoms with Crippen molar-refractivity contribution in [3.05, 3.63) is 58.7 Å². The Morgan fingerprint density at radius 1 is 0.677 bits per heavy atom. The van der Waals surface area contributed by atoms with Crippen LogP contribution < -0.4 is 9.47 Å². The topological polar surface area (TPSA) is 18.5 Å². The Bertz CT molecular complexity index is 792. The zero-order valence-corrected chi connectivity index (χ0v) is 18.6. The summed E-state index contributed by atoms with van der Waals surface area (Å²) in [7, 11) is 0. The standard InChI is InChI=1S/C25H32F4O2/c1-4-6-8-10-18-12-20(26)24(21(27)13-18)30-16-17(3)31-25-22(28)14-19(15-23(25)29)11-9-7-5-2/h12-15,17H,4-11,16H2,1-3H3. The molecule has 0 aromatic heterocycles. The van der Waals surface area contributed by atoms with Gasteiger partial charge in [-0.25, -0.2) is 17.6 Å². The Kier molecular flexibility index (Phi) is 10.2. The van der Waals surface area contributed by atoms with Crippen molar-refractivity contribution in [3.63, 3.8) is 0 Å². The lowest BCUT2D eigenvalue weighted by molar-refractivity contribution is 0.127. The van der Waals surface area contributed by atoms with Crippen LogP contribution in [0.4, 0.5) is 17.6 Å². The lowest BCUT2D eigenvalue weighted by Gasteiger charge is -2.18. The molecule has 0 aliphatic carbocycles. The molecule has 0 N–H and O–H groups in total. The SMILES string of the molecule is CCCCCc1cc(F)c(OCC(C)Oc2c(F)cc(CCCCC)cc2F)c(F)c1. The number of hydrogen-bond donors (Lipinski definition) is 0. The minimum Gasteiger partial charge on any atom is -0.484 e. The number of benzene rings is 2. The molecule has 2 aromatic rings. The van der Waals surface area contributed by atoms with Crippen LogP contribution in [-0.4, -0.2) is 12.7 Å². The minimum absolute atomic E-state index is 0.264. The Hall–Kier alpha value is -2.24. The maximum absolute atomic E-state index is 14.3. The second kappa shape index (κ2) is 12.6. The van der Waals surface area contributed by atoms with Crippen LogP contribution in [-0.2, 0) is 12.8 Å². The third-order valence-corrected chi connectivity index (χ3v) is 5.04. The van der Waals surface area contributed by atoms with E-state index in [0.717, 1.165) is 38.5 Å². The van der Waals surface area contributed by atoms with Gasteiger partial charge in [0.15, 0.2) is 34.8 Å². The molecule has 6 heteroatoms. The molecule has 0 bridgehead atoms. The van der Waals surface area contributed by atoms with E-state index in [1.165, 1.54) is 31.2 Å². The van der Waals surface area contributed by atoms with Gasteiger partial charge >= 0.3 is 0 Å². The van der Waals surface area contributed by atoms with Gasteiger partial charge in [0.1, 0.15) is 12.7 Å². The van der Waals surface area contributed by atoms with Gasteiger partial charge in [-0.2, -0.15) is 0 Å². The first-order chi connectivity index (χ1) is 14.8. The summed E-state index contributed by atoms with van der Waals surface area (Å²) in [4.78, 5) is 0. The highest BCUT2D eigenvalue weighted by Gasteiger charge is 2.18. The molecule has 1 unspecified atom stereocenters. The Labute approximate surface area is 182 Å². The number of ether oxygens (including phenoxy) is 2. The normalized spacial score (nSPS) is 12.1. The molecule has 2 rings (SSSR count). The third-order valence-electron chi connectivity index (χ3n) is 5.04.